The highest BCUT2D eigenvalue weighted by Gasteiger charge is 2.43. The minimum atomic E-state index is -0.657. The minimum absolute atomic E-state index is 0.0180. The van der Waals surface area contributed by atoms with Gasteiger partial charge in [0.05, 0.1) is 12.0 Å². The Morgan fingerprint density at radius 3 is 2.32 bits per heavy atom. The summed E-state index contributed by atoms with van der Waals surface area (Å²) < 4.78 is 5.31. The van der Waals surface area contributed by atoms with E-state index in [-0.39, 0.29) is 23.1 Å². The van der Waals surface area contributed by atoms with E-state index in [1.54, 1.807) is 60.5 Å². The summed E-state index contributed by atoms with van der Waals surface area (Å²) in [5, 5.41) is 32.1. The molecule has 0 amide bonds. The van der Waals surface area contributed by atoms with E-state index in [1.165, 1.54) is 12.1 Å². The number of nitrogens with zero attached hydrogens (tertiary/aromatic N) is 2. The topological polar surface area (TPSA) is 117 Å². The number of aliphatic hydroxyl groups excluding tert-OH is 1. The van der Waals surface area contributed by atoms with Crippen LogP contribution in [-0.4, -0.2) is 28.8 Å². The zero-order chi connectivity index (χ0) is 26.1. The molecular weight excluding hydrogens is 470 g/mol. The molecule has 0 unspecified atom stereocenters. The van der Waals surface area contributed by atoms with Gasteiger partial charge in [0.25, 0.3) is 5.69 Å². The van der Waals surface area contributed by atoms with Gasteiger partial charge >= 0.3 is 0 Å². The van der Waals surface area contributed by atoms with E-state index in [0.717, 1.165) is 5.56 Å². The number of nitro benzene ring substituents is 1. The summed E-state index contributed by atoms with van der Waals surface area (Å²) >= 11 is 0. The lowest BCUT2D eigenvalue weighted by Gasteiger charge is -2.41. The van der Waals surface area contributed by atoms with Crippen LogP contribution in [0.1, 0.15) is 36.3 Å². The number of hydrogen-bond donors (Lipinski definition) is 2. The monoisotopic (exact) mass is 495 g/mol. The van der Waals surface area contributed by atoms with E-state index >= 15 is 0 Å². The van der Waals surface area contributed by atoms with Gasteiger partial charge in [0.15, 0.2) is 5.78 Å². The van der Waals surface area contributed by atoms with Gasteiger partial charge in [-0.1, -0.05) is 42.5 Å². The molecular formula is C29H25N3O5. The number of amidine groups is 1. The number of carbonyl (C=O) groups excluding carboxylic acids is 1. The van der Waals surface area contributed by atoms with E-state index in [2.05, 4.69) is 0 Å². The molecule has 8 nitrogen and oxygen atoms in total. The molecule has 1 aliphatic carbocycles. The fraction of sp³-hybridized carbons (Fsp3) is 0.172. The number of non-ortho nitro benzene ring substituents is 1. The Balaban J connectivity index is 1.78. The van der Waals surface area contributed by atoms with Crippen molar-refractivity contribution in [3.05, 3.63) is 117 Å². The Hall–Kier alpha value is -4.72. The summed E-state index contributed by atoms with van der Waals surface area (Å²) in [6.07, 6.45) is 1.56. The number of benzene rings is 3. The second kappa shape index (κ2) is 9.73. The number of hydrogen-bond acceptors (Lipinski definition) is 6. The van der Waals surface area contributed by atoms with Gasteiger partial charge in [-0.15, -0.1) is 0 Å². The quantitative estimate of drug-likeness (QED) is 0.249. The highest BCUT2D eigenvalue weighted by Crippen LogP contribution is 2.48. The van der Waals surface area contributed by atoms with Crippen molar-refractivity contribution in [3.8, 4) is 5.75 Å². The highest BCUT2D eigenvalue weighted by molar-refractivity contribution is 6.19. The molecule has 0 aromatic heterocycles. The molecule has 1 aliphatic heterocycles. The third kappa shape index (κ3) is 4.27. The van der Waals surface area contributed by atoms with Crippen molar-refractivity contribution in [2.24, 2.45) is 0 Å². The molecule has 186 valence electrons. The van der Waals surface area contributed by atoms with Gasteiger partial charge < -0.3 is 9.84 Å². The summed E-state index contributed by atoms with van der Waals surface area (Å²) in [4.78, 5) is 25.9. The number of nitrogens with one attached hydrogen (secondary N) is 1. The fourth-order valence-corrected chi connectivity index (χ4v) is 5.08. The maximum Gasteiger partial charge on any atom is 0.269 e. The van der Waals surface area contributed by atoms with Crippen molar-refractivity contribution in [1.29, 1.82) is 5.41 Å². The molecule has 0 fully saturated rings. The predicted molar refractivity (Wildman–Crippen MR) is 141 cm³/mol. The first-order valence-corrected chi connectivity index (χ1v) is 11.9. The largest absolute Gasteiger partial charge is 0.507 e. The van der Waals surface area contributed by atoms with E-state index in [9.17, 15) is 25.4 Å². The second-order valence-electron chi connectivity index (χ2n) is 8.93. The van der Waals surface area contributed by atoms with Crippen LogP contribution in [0.4, 0.5) is 11.4 Å². The van der Waals surface area contributed by atoms with Crippen LogP contribution in [0.3, 0.4) is 0 Å². The zero-order valence-electron chi connectivity index (χ0n) is 20.2. The standard InChI is InChI=1S/C29H25N3O5/c1-37-22-16-10-18(11-17-22)25-26-23(8-5-9-24(26)33)31(20-12-14-21(15-13-20)32(35)36)29(30)27(25)28(34)19-6-3-2-4-7-19/h2-4,6-7,10-17,25,30,34H,5,8-9H2,1H3/t25-/m0/s1. The molecule has 0 saturated carbocycles. The average molecular weight is 496 g/mol. The van der Waals surface area contributed by atoms with Gasteiger partial charge in [0.1, 0.15) is 17.3 Å². The van der Waals surface area contributed by atoms with Crippen LogP contribution in [0.25, 0.3) is 5.76 Å². The molecule has 1 atom stereocenters. The van der Waals surface area contributed by atoms with E-state index in [4.69, 9.17) is 4.74 Å². The number of ketones is 1. The molecule has 37 heavy (non-hydrogen) atoms. The lowest BCUT2D eigenvalue weighted by Crippen LogP contribution is -2.42. The predicted octanol–water partition coefficient (Wildman–Crippen LogP) is 6.16. The van der Waals surface area contributed by atoms with Gasteiger partial charge in [-0.2, -0.15) is 0 Å². The maximum absolute atomic E-state index is 13.5. The first-order valence-electron chi connectivity index (χ1n) is 11.9. The number of Topliss-reactive ketones (excluding diaryl/α,β-unsaturated/α-hetero) is 1. The van der Waals surface area contributed by atoms with Gasteiger partial charge in [-0.3, -0.25) is 25.2 Å². The first kappa shape index (κ1) is 24.0. The van der Waals surface area contributed by atoms with E-state index in [1.807, 2.05) is 18.2 Å². The third-order valence-electron chi connectivity index (χ3n) is 6.82. The number of carbonyl (C=O) groups is 1. The number of rotatable bonds is 5. The Morgan fingerprint density at radius 1 is 1.03 bits per heavy atom. The van der Waals surface area contributed by atoms with Crippen LogP contribution in [0.5, 0.6) is 5.75 Å². The van der Waals surface area contributed by atoms with Gasteiger partial charge in [0.2, 0.25) is 0 Å². The Bertz CT molecular complexity index is 1440. The Morgan fingerprint density at radius 2 is 1.70 bits per heavy atom. The van der Waals surface area contributed by atoms with Gasteiger partial charge in [-0.05, 0) is 42.7 Å². The number of aliphatic hydroxyl groups is 1. The summed E-state index contributed by atoms with van der Waals surface area (Å²) in [5.41, 5.74) is 3.24. The molecule has 2 N–H and O–H groups in total. The molecule has 0 bridgehead atoms. The number of methoxy groups -OCH3 is 1. The number of allylic oxidation sites excluding steroid dienone is 2. The highest BCUT2D eigenvalue weighted by atomic mass is 16.6. The van der Waals surface area contributed by atoms with Gasteiger partial charge in [0, 0.05) is 52.6 Å². The van der Waals surface area contributed by atoms with Crippen LogP contribution in [0.15, 0.2) is 95.7 Å². The summed E-state index contributed by atoms with van der Waals surface area (Å²) in [7, 11) is 1.57. The van der Waals surface area contributed by atoms with Crippen LogP contribution in [0.2, 0.25) is 0 Å². The lowest BCUT2D eigenvalue weighted by atomic mass is 9.73. The van der Waals surface area contributed by atoms with Crippen molar-refractivity contribution in [3.63, 3.8) is 0 Å². The average Bonchev–Trinajstić information content (AvgIpc) is 2.93. The van der Waals surface area contributed by atoms with Crippen LogP contribution in [-0.2, 0) is 4.79 Å². The van der Waals surface area contributed by atoms with Crippen molar-refractivity contribution < 1.29 is 19.6 Å². The summed E-state index contributed by atoms with van der Waals surface area (Å²) in [6.45, 7) is 0. The third-order valence-corrected chi connectivity index (χ3v) is 6.82. The smallest absolute Gasteiger partial charge is 0.269 e. The second-order valence-corrected chi connectivity index (χ2v) is 8.93. The van der Waals surface area contributed by atoms with E-state index in [0.29, 0.717) is 53.1 Å². The lowest BCUT2D eigenvalue weighted by molar-refractivity contribution is -0.384. The molecule has 3 aromatic rings. The first-order chi connectivity index (χ1) is 17.9. The SMILES string of the molecule is COc1ccc([C@@H]2C(=C(O)c3ccccc3)C(=N)N(c3ccc([N+](=O)[O-])cc3)C3=C2C(=O)CCC3)cc1. The molecule has 0 saturated heterocycles. The molecule has 8 heteroatoms. The maximum atomic E-state index is 13.5. The Labute approximate surface area is 213 Å². The summed E-state index contributed by atoms with van der Waals surface area (Å²) in [6, 6.07) is 22.1. The number of nitro groups is 1. The molecule has 2 aliphatic rings. The van der Waals surface area contributed by atoms with Crippen molar-refractivity contribution >= 4 is 28.8 Å². The normalized spacial score (nSPS) is 18.9. The van der Waals surface area contributed by atoms with Crippen molar-refractivity contribution in [2.75, 3.05) is 12.0 Å². The number of anilines is 1. The minimum Gasteiger partial charge on any atom is -0.507 e. The number of ether oxygens (including phenoxy) is 1. The molecule has 5 rings (SSSR count). The van der Waals surface area contributed by atoms with E-state index < -0.39 is 10.8 Å². The molecule has 0 spiro atoms. The molecule has 3 aromatic carbocycles. The van der Waals surface area contributed by atoms with Gasteiger partial charge in [-0.25, -0.2) is 0 Å². The van der Waals surface area contributed by atoms with Crippen LogP contribution in [0, 0.1) is 15.5 Å². The Kier molecular flexibility index (Phi) is 6.31. The van der Waals surface area contributed by atoms with Crippen LogP contribution >= 0.6 is 0 Å². The van der Waals surface area contributed by atoms with Crippen molar-refractivity contribution in [2.45, 2.75) is 25.2 Å². The molecule has 1 heterocycles. The fourth-order valence-electron chi connectivity index (χ4n) is 5.08. The zero-order valence-corrected chi connectivity index (χ0v) is 20.2. The van der Waals surface area contributed by atoms with Crippen molar-refractivity contribution in [1.82, 2.24) is 0 Å². The molecule has 0 radical (unpaired) electrons. The summed E-state index contributed by atoms with van der Waals surface area (Å²) in [5.74, 6) is -0.118. The van der Waals surface area contributed by atoms with Crippen LogP contribution < -0.4 is 9.64 Å².